The minimum Gasteiger partial charge on any atom is -0.311 e. The van der Waals surface area contributed by atoms with Crippen LogP contribution >= 0.6 is 11.3 Å². The Morgan fingerprint density at radius 3 is 2.53 bits per heavy atom. The zero-order valence-electron chi connectivity index (χ0n) is 9.28. The molecule has 0 aliphatic heterocycles. The van der Waals surface area contributed by atoms with Crippen LogP contribution < -0.4 is 5.32 Å². The minimum absolute atomic E-state index is 0.0367. The molecule has 0 aliphatic carbocycles. The van der Waals surface area contributed by atoms with Gasteiger partial charge in [-0.3, -0.25) is 0 Å². The molecule has 0 saturated heterocycles. The largest absolute Gasteiger partial charge is 0.311 e. The van der Waals surface area contributed by atoms with E-state index in [9.17, 15) is 8.42 Å². The van der Waals surface area contributed by atoms with Crippen molar-refractivity contribution in [2.24, 2.45) is 0 Å². The molecule has 5 heteroatoms. The van der Waals surface area contributed by atoms with E-state index in [1.165, 1.54) is 11.3 Å². The van der Waals surface area contributed by atoms with Crippen molar-refractivity contribution in [3.05, 3.63) is 17.5 Å². The lowest BCUT2D eigenvalue weighted by molar-refractivity contribution is 0.439. The van der Waals surface area contributed by atoms with Crippen molar-refractivity contribution in [3.63, 3.8) is 0 Å². The Labute approximate surface area is 95.4 Å². The first-order chi connectivity index (χ1) is 6.81. The van der Waals surface area contributed by atoms with Crippen molar-refractivity contribution in [2.45, 2.75) is 30.5 Å². The number of hydrogen-bond acceptors (Lipinski definition) is 4. The van der Waals surface area contributed by atoms with E-state index in [2.05, 4.69) is 5.32 Å². The van der Waals surface area contributed by atoms with Crippen molar-refractivity contribution in [2.75, 3.05) is 12.3 Å². The van der Waals surface area contributed by atoms with Crippen LogP contribution in [-0.2, 0) is 9.84 Å². The van der Waals surface area contributed by atoms with Gasteiger partial charge in [-0.2, -0.15) is 0 Å². The molecule has 0 unspecified atom stereocenters. The van der Waals surface area contributed by atoms with Crippen LogP contribution in [0.4, 0.5) is 0 Å². The molecule has 0 bridgehead atoms. The molecule has 1 aromatic rings. The fourth-order valence-electron chi connectivity index (χ4n) is 1.10. The van der Waals surface area contributed by atoms with Crippen LogP contribution in [0.2, 0.25) is 0 Å². The van der Waals surface area contributed by atoms with Crippen molar-refractivity contribution in [3.8, 4) is 0 Å². The van der Waals surface area contributed by atoms with Crippen molar-refractivity contribution < 1.29 is 8.42 Å². The van der Waals surface area contributed by atoms with Gasteiger partial charge in [-0.15, -0.1) is 11.3 Å². The average molecular weight is 247 g/mol. The van der Waals surface area contributed by atoms with E-state index < -0.39 is 9.84 Å². The molecular formula is C10H17NO2S2. The van der Waals surface area contributed by atoms with Gasteiger partial charge in [0, 0.05) is 12.1 Å². The van der Waals surface area contributed by atoms with Gasteiger partial charge >= 0.3 is 0 Å². The molecule has 86 valence electrons. The second-order valence-corrected chi connectivity index (χ2v) is 7.71. The summed E-state index contributed by atoms with van der Waals surface area (Å²) in [5.41, 5.74) is -0.0367. The maximum atomic E-state index is 11.7. The van der Waals surface area contributed by atoms with Gasteiger partial charge in [-0.05, 0) is 32.2 Å². The lowest BCUT2D eigenvalue weighted by Gasteiger charge is -2.20. The van der Waals surface area contributed by atoms with E-state index in [1.54, 1.807) is 17.5 Å². The van der Waals surface area contributed by atoms with Crippen molar-refractivity contribution >= 4 is 21.2 Å². The summed E-state index contributed by atoms with van der Waals surface area (Å²) >= 11 is 1.27. The van der Waals surface area contributed by atoms with Crippen LogP contribution in [0.25, 0.3) is 0 Å². The van der Waals surface area contributed by atoms with Gasteiger partial charge in [0.25, 0.3) is 0 Å². The monoisotopic (exact) mass is 247 g/mol. The standard InChI is InChI=1S/C10H17NO2S2/c1-10(2,3)11-6-8-15(12,13)9-5-4-7-14-9/h4-5,7,11H,6,8H2,1-3H3. The van der Waals surface area contributed by atoms with Gasteiger partial charge < -0.3 is 5.32 Å². The molecule has 3 nitrogen and oxygen atoms in total. The third kappa shape index (κ3) is 4.32. The summed E-state index contributed by atoms with van der Waals surface area (Å²) in [7, 11) is -3.08. The SMILES string of the molecule is CC(C)(C)NCCS(=O)(=O)c1cccs1. The Hall–Kier alpha value is -0.390. The Morgan fingerprint density at radius 2 is 2.07 bits per heavy atom. The lowest BCUT2D eigenvalue weighted by Crippen LogP contribution is -2.38. The maximum absolute atomic E-state index is 11.7. The highest BCUT2D eigenvalue weighted by Gasteiger charge is 2.16. The Balaban J connectivity index is 2.53. The second-order valence-electron chi connectivity index (χ2n) is 4.43. The third-order valence-electron chi connectivity index (χ3n) is 1.83. The number of thiophene rings is 1. The Morgan fingerprint density at radius 1 is 1.40 bits per heavy atom. The van der Waals surface area contributed by atoms with Crippen LogP contribution in [0.5, 0.6) is 0 Å². The highest BCUT2D eigenvalue weighted by atomic mass is 32.2. The normalized spacial score (nSPS) is 13.0. The molecule has 0 atom stereocenters. The minimum atomic E-state index is -3.08. The molecule has 1 aromatic heterocycles. The molecule has 0 aliphatic rings. The number of nitrogens with one attached hydrogen (secondary N) is 1. The molecule has 1 rings (SSSR count). The van der Waals surface area contributed by atoms with Crippen LogP contribution in [0, 0.1) is 0 Å². The Bertz CT molecular complexity index is 388. The predicted molar refractivity (Wildman–Crippen MR) is 64.1 cm³/mol. The molecule has 1 N–H and O–H groups in total. The van der Waals surface area contributed by atoms with Crippen LogP contribution in [0.3, 0.4) is 0 Å². The van der Waals surface area contributed by atoms with E-state index in [0.717, 1.165) is 0 Å². The summed E-state index contributed by atoms with van der Waals surface area (Å²) in [5.74, 6) is 0.158. The molecule has 0 spiro atoms. The first-order valence-electron chi connectivity index (χ1n) is 4.82. The summed E-state index contributed by atoms with van der Waals surface area (Å²) in [6.45, 7) is 6.55. The predicted octanol–water partition coefficient (Wildman–Crippen LogP) is 1.91. The van der Waals surface area contributed by atoms with E-state index in [-0.39, 0.29) is 11.3 Å². The van der Waals surface area contributed by atoms with Gasteiger partial charge in [0.05, 0.1) is 5.75 Å². The van der Waals surface area contributed by atoms with Crippen molar-refractivity contribution in [1.29, 1.82) is 0 Å². The van der Waals surface area contributed by atoms with Gasteiger partial charge in [-0.25, -0.2) is 8.42 Å². The lowest BCUT2D eigenvalue weighted by atomic mass is 10.1. The molecule has 0 saturated carbocycles. The smallest absolute Gasteiger partial charge is 0.188 e. The van der Waals surface area contributed by atoms with E-state index in [0.29, 0.717) is 10.8 Å². The van der Waals surface area contributed by atoms with E-state index in [1.807, 2.05) is 20.8 Å². The molecule has 0 aromatic carbocycles. The molecule has 1 heterocycles. The number of rotatable bonds is 4. The molecule has 15 heavy (non-hydrogen) atoms. The topological polar surface area (TPSA) is 46.2 Å². The van der Waals surface area contributed by atoms with Crippen LogP contribution in [0.15, 0.2) is 21.7 Å². The molecule has 0 fully saturated rings. The van der Waals surface area contributed by atoms with Gasteiger partial charge in [0.2, 0.25) is 0 Å². The fraction of sp³-hybridized carbons (Fsp3) is 0.600. The maximum Gasteiger partial charge on any atom is 0.188 e. The van der Waals surface area contributed by atoms with Crippen LogP contribution in [0.1, 0.15) is 20.8 Å². The highest BCUT2D eigenvalue weighted by Crippen LogP contribution is 2.17. The Kier molecular flexibility index (Phi) is 3.92. The second kappa shape index (κ2) is 4.63. The zero-order chi connectivity index (χ0) is 11.5. The highest BCUT2D eigenvalue weighted by molar-refractivity contribution is 7.93. The molecular weight excluding hydrogens is 230 g/mol. The fourth-order valence-corrected chi connectivity index (χ4v) is 3.41. The number of hydrogen-bond donors (Lipinski definition) is 1. The summed E-state index contributed by atoms with van der Waals surface area (Å²) < 4.78 is 24.0. The van der Waals surface area contributed by atoms with Gasteiger partial charge in [-0.1, -0.05) is 6.07 Å². The van der Waals surface area contributed by atoms with Crippen LogP contribution in [-0.4, -0.2) is 26.3 Å². The summed E-state index contributed by atoms with van der Waals surface area (Å²) in [4.78, 5) is 0. The summed E-state index contributed by atoms with van der Waals surface area (Å²) in [6.07, 6.45) is 0. The van der Waals surface area contributed by atoms with Crippen molar-refractivity contribution in [1.82, 2.24) is 5.32 Å². The molecule has 0 amide bonds. The van der Waals surface area contributed by atoms with E-state index in [4.69, 9.17) is 0 Å². The van der Waals surface area contributed by atoms with E-state index >= 15 is 0 Å². The van der Waals surface area contributed by atoms with Gasteiger partial charge in [0.1, 0.15) is 4.21 Å². The van der Waals surface area contributed by atoms with Gasteiger partial charge in [0.15, 0.2) is 9.84 Å². The first kappa shape index (κ1) is 12.7. The zero-order valence-corrected chi connectivity index (χ0v) is 10.9. The number of sulfone groups is 1. The summed E-state index contributed by atoms with van der Waals surface area (Å²) in [6, 6.07) is 3.41. The molecule has 0 radical (unpaired) electrons. The summed E-state index contributed by atoms with van der Waals surface area (Å²) in [5, 5.41) is 4.95. The first-order valence-corrected chi connectivity index (χ1v) is 7.36. The third-order valence-corrected chi connectivity index (χ3v) is 5.03. The quantitative estimate of drug-likeness (QED) is 0.884. The average Bonchev–Trinajstić information content (AvgIpc) is 2.52.